The molecule has 6 heteroatoms. The summed E-state index contributed by atoms with van der Waals surface area (Å²) in [5, 5.41) is 3.21. The minimum atomic E-state index is 0.345. The first kappa shape index (κ1) is 13.5. The molecule has 0 aliphatic carbocycles. The SMILES string of the molecule is NC(=S)c1ccc(Nc2cc(Br)ccc2Br)nc1. The molecular weight excluding hydrogens is 378 g/mol. The topological polar surface area (TPSA) is 50.9 Å². The quantitative estimate of drug-likeness (QED) is 0.783. The van der Waals surface area contributed by atoms with Crippen LogP contribution in [0.2, 0.25) is 0 Å². The number of benzene rings is 1. The molecule has 0 bridgehead atoms. The van der Waals surface area contributed by atoms with Crippen LogP contribution in [0.5, 0.6) is 0 Å². The van der Waals surface area contributed by atoms with Crippen molar-refractivity contribution in [1.29, 1.82) is 0 Å². The van der Waals surface area contributed by atoms with Crippen LogP contribution >= 0.6 is 44.1 Å². The molecule has 0 radical (unpaired) electrons. The number of thiocarbonyl (C=S) groups is 1. The van der Waals surface area contributed by atoms with E-state index in [2.05, 4.69) is 42.2 Å². The summed E-state index contributed by atoms with van der Waals surface area (Å²) in [6.07, 6.45) is 1.65. The number of hydrogen-bond acceptors (Lipinski definition) is 3. The lowest BCUT2D eigenvalue weighted by atomic mass is 10.3. The number of nitrogens with two attached hydrogens (primary N) is 1. The average molecular weight is 387 g/mol. The van der Waals surface area contributed by atoms with E-state index in [0.717, 1.165) is 26.0 Å². The highest BCUT2D eigenvalue weighted by molar-refractivity contribution is 9.11. The molecule has 92 valence electrons. The van der Waals surface area contributed by atoms with Gasteiger partial charge in [0.25, 0.3) is 0 Å². The third kappa shape index (κ3) is 3.28. The Balaban J connectivity index is 2.23. The molecule has 0 saturated carbocycles. The van der Waals surface area contributed by atoms with Crippen molar-refractivity contribution >= 4 is 60.6 Å². The van der Waals surface area contributed by atoms with Crippen LogP contribution in [0.15, 0.2) is 45.5 Å². The highest BCUT2D eigenvalue weighted by Gasteiger charge is 2.03. The third-order valence-electron chi connectivity index (χ3n) is 2.24. The van der Waals surface area contributed by atoms with Crippen LogP contribution in [0.4, 0.5) is 11.5 Å². The summed E-state index contributed by atoms with van der Waals surface area (Å²) >= 11 is 11.8. The lowest BCUT2D eigenvalue weighted by Gasteiger charge is -2.08. The fourth-order valence-corrected chi connectivity index (χ4v) is 2.17. The third-order valence-corrected chi connectivity index (χ3v) is 3.66. The zero-order valence-corrected chi connectivity index (χ0v) is 13.1. The van der Waals surface area contributed by atoms with E-state index in [9.17, 15) is 0 Å². The van der Waals surface area contributed by atoms with E-state index in [1.165, 1.54) is 0 Å². The molecule has 2 rings (SSSR count). The first-order chi connectivity index (χ1) is 8.56. The average Bonchev–Trinajstić information content (AvgIpc) is 2.34. The summed E-state index contributed by atoms with van der Waals surface area (Å²) in [5.41, 5.74) is 7.20. The Morgan fingerprint density at radius 1 is 1.22 bits per heavy atom. The molecule has 2 aromatic rings. The van der Waals surface area contributed by atoms with Gasteiger partial charge in [0.05, 0.1) is 5.69 Å². The molecule has 0 saturated heterocycles. The van der Waals surface area contributed by atoms with E-state index >= 15 is 0 Å². The second kappa shape index (κ2) is 5.77. The fraction of sp³-hybridized carbons (Fsp3) is 0. The van der Waals surface area contributed by atoms with Gasteiger partial charge < -0.3 is 11.1 Å². The van der Waals surface area contributed by atoms with Gasteiger partial charge in [-0.15, -0.1) is 0 Å². The highest BCUT2D eigenvalue weighted by atomic mass is 79.9. The molecule has 3 nitrogen and oxygen atoms in total. The van der Waals surface area contributed by atoms with Crippen molar-refractivity contribution in [2.24, 2.45) is 5.73 Å². The monoisotopic (exact) mass is 385 g/mol. The second-order valence-corrected chi connectivity index (χ2v) is 5.76. The number of nitrogens with one attached hydrogen (secondary N) is 1. The van der Waals surface area contributed by atoms with Crippen LogP contribution in [0.1, 0.15) is 5.56 Å². The normalized spacial score (nSPS) is 10.1. The summed E-state index contributed by atoms with van der Waals surface area (Å²) in [7, 11) is 0. The Morgan fingerprint density at radius 2 is 2.00 bits per heavy atom. The van der Waals surface area contributed by atoms with Crippen molar-refractivity contribution in [3.8, 4) is 0 Å². The van der Waals surface area contributed by atoms with Gasteiger partial charge in [-0.3, -0.25) is 0 Å². The summed E-state index contributed by atoms with van der Waals surface area (Å²) in [6, 6.07) is 9.55. The number of anilines is 2. The molecule has 1 aromatic carbocycles. The number of rotatable bonds is 3. The van der Waals surface area contributed by atoms with Crippen LogP contribution in [0.25, 0.3) is 0 Å². The van der Waals surface area contributed by atoms with E-state index < -0.39 is 0 Å². The van der Waals surface area contributed by atoms with E-state index in [0.29, 0.717) is 4.99 Å². The molecule has 0 atom stereocenters. The second-order valence-electron chi connectivity index (χ2n) is 3.55. The standard InChI is InChI=1S/C12H9Br2N3S/c13-8-2-3-9(14)10(5-8)17-11-4-1-7(6-16-11)12(15)18/h1-6H,(H2,15,18)(H,16,17). The Hall–Kier alpha value is -0.980. The highest BCUT2D eigenvalue weighted by Crippen LogP contribution is 2.28. The van der Waals surface area contributed by atoms with Crippen molar-refractivity contribution < 1.29 is 0 Å². The van der Waals surface area contributed by atoms with Gasteiger partial charge in [0, 0.05) is 20.7 Å². The summed E-state index contributed by atoms with van der Waals surface area (Å²) in [4.78, 5) is 4.60. The summed E-state index contributed by atoms with van der Waals surface area (Å²) < 4.78 is 1.96. The van der Waals surface area contributed by atoms with Gasteiger partial charge in [-0.25, -0.2) is 4.98 Å². The van der Waals surface area contributed by atoms with Gasteiger partial charge in [0.1, 0.15) is 10.8 Å². The lowest BCUT2D eigenvalue weighted by molar-refractivity contribution is 1.29. The van der Waals surface area contributed by atoms with Crippen molar-refractivity contribution in [3.63, 3.8) is 0 Å². The molecule has 0 fully saturated rings. The maximum Gasteiger partial charge on any atom is 0.130 e. The number of aromatic nitrogens is 1. The largest absolute Gasteiger partial charge is 0.389 e. The molecule has 0 amide bonds. The Kier molecular flexibility index (Phi) is 4.31. The predicted octanol–water partition coefficient (Wildman–Crippen LogP) is 3.98. The van der Waals surface area contributed by atoms with Crippen molar-refractivity contribution in [2.75, 3.05) is 5.32 Å². The zero-order chi connectivity index (χ0) is 13.1. The van der Waals surface area contributed by atoms with E-state index in [-0.39, 0.29) is 0 Å². The molecule has 18 heavy (non-hydrogen) atoms. The summed E-state index contributed by atoms with van der Waals surface area (Å²) in [6.45, 7) is 0. The maximum atomic E-state index is 5.52. The predicted molar refractivity (Wildman–Crippen MR) is 85.2 cm³/mol. The van der Waals surface area contributed by atoms with Gasteiger partial charge >= 0.3 is 0 Å². The first-order valence-corrected chi connectivity index (χ1v) is 7.03. The minimum absolute atomic E-state index is 0.345. The van der Waals surface area contributed by atoms with Gasteiger partial charge in [-0.1, -0.05) is 28.1 Å². The fourth-order valence-electron chi connectivity index (χ4n) is 1.34. The van der Waals surface area contributed by atoms with Gasteiger partial charge in [0.2, 0.25) is 0 Å². The summed E-state index contributed by atoms with van der Waals surface area (Å²) in [5.74, 6) is 0.730. The number of hydrogen-bond donors (Lipinski definition) is 2. The molecule has 0 aliphatic heterocycles. The lowest BCUT2D eigenvalue weighted by Crippen LogP contribution is -2.09. The van der Waals surface area contributed by atoms with E-state index in [1.807, 2.05) is 30.3 Å². The van der Waals surface area contributed by atoms with Crippen LogP contribution in [-0.2, 0) is 0 Å². The van der Waals surface area contributed by atoms with E-state index in [4.69, 9.17) is 18.0 Å². The Morgan fingerprint density at radius 3 is 2.61 bits per heavy atom. The van der Waals surface area contributed by atoms with Crippen LogP contribution in [0, 0.1) is 0 Å². The first-order valence-electron chi connectivity index (χ1n) is 5.04. The number of nitrogens with zero attached hydrogens (tertiary/aromatic N) is 1. The van der Waals surface area contributed by atoms with Gasteiger partial charge in [-0.05, 0) is 46.3 Å². The van der Waals surface area contributed by atoms with Crippen molar-refractivity contribution in [2.45, 2.75) is 0 Å². The van der Waals surface area contributed by atoms with Crippen molar-refractivity contribution in [3.05, 3.63) is 51.0 Å². The Bertz CT molecular complexity index is 584. The van der Waals surface area contributed by atoms with Crippen molar-refractivity contribution in [1.82, 2.24) is 4.98 Å². The van der Waals surface area contributed by atoms with Gasteiger partial charge in [-0.2, -0.15) is 0 Å². The van der Waals surface area contributed by atoms with E-state index in [1.54, 1.807) is 6.20 Å². The molecule has 1 heterocycles. The molecular formula is C12H9Br2N3S. The smallest absolute Gasteiger partial charge is 0.130 e. The molecule has 0 unspecified atom stereocenters. The molecule has 0 aliphatic rings. The zero-order valence-electron chi connectivity index (χ0n) is 9.15. The minimum Gasteiger partial charge on any atom is -0.389 e. The number of halogens is 2. The molecule has 0 spiro atoms. The van der Waals surface area contributed by atoms with Crippen LogP contribution < -0.4 is 11.1 Å². The number of pyridine rings is 1. The Labute approximate surface area is 127 Å². The van der Waals surface area contributed by atoms with Gasteiger partial charge in [0.15, 0.2) is 0 Å². The van der Waals surface area contributed by atoms with Crippen LogP contribution in [-0.4, -0.2) is 9.97 Å². The molecule has 3 N–H and O–H groups in total. The van der Waals surface area contributed by atoms with Crippen LogP contribution in [0.3, 0.4) is 0 Å². The maximum absolute atomic E-state index is 5.52. The molecule has 1 aromatic heterocycles.